The van der Waals surface area contributed by atoms with Gasteiger partial charge in [-0.15, -0.1) is 0 Å². The minimum atomic E-state index is -3.79. The van der Waals surface area contributed by atoms with Gasteiger partial charge in [-0.1, -0.05) is 75.7 Å². The maximum atomic E-state index is 12.7. The van der Waals surface area contributed by atoms with Crippen LogP contribution in [0.15, 0.2) is 0 Å². The molecule has 5 aliphatic carbocycles. The van der Waals surface area contributed by atoms with E-state index in [-0.39, 0.29) is 5.92 Å². The van der Waals surface area contributed by atoms with Crippen LogP contribution in [0.25, 0.3) is 0 Å². The molecule has 0 heterocycles. The number of hydrogen-bond donors (Lipinski definition) is 0. The van der Waals surface area contributed by atoms with E-state index in [0.29, 0.717) is 31.1 Å². The van der Waals surface area contributed by atoms with E-state index in [1.54, 1.807) is 0 Å². The molecule has 4 atom stereocenters. The Morgan fingerprint density at radius 2 is 0.952 bits per heavy atom. The van der Waals surface area contributed by atoms with E-state index in [9.17, 15) is 26.3 Å². The molecule has 0 aromatic rings. The lowest BCUT2D eigenvalue weighted by atomic mass is 9.45. The van der Waals surface area contributed by atoms with Crippen LogP contribution in [0.2, 0.25) is 0 Å². The molecule has 0 aromatic heterocycles. The maximum Gasteiger partial charge on any atom is 0.310 e. The lowest BCUT2D eigenvalue weighted by Gasteiger charge is -2.60. The van der Waals surface area contributed by atoms with E-state index in [1.165, 1.54) is 38.5 Å². The molecule has 42 heavy (non-hydrogen) atoms. The maximum absolute atomic E-state index is 12.7. The van der Waals surface area contributed by atoms with E-state index in [1.807, 2.05) is 13.8 Å². The summed E-state index contributed by atoms with van der Waals surface area (Å²) in [7, 11) is 0. The van der Waals surface area contributed by atoms with Gasteiger partial charge in [0.15, 0.2) is 0 Å². The smallest absolute Gasteiger partial charge is 0.244 e. The summed E-state index contributed by atoms with van der Waals surface area (Å²) in [6, 6.07) is 0. The fourth-order valence-corrected chi connectivity index (χ4v) is 8.68. The van der Waals surface area contributed by atoms with Crippen LogP contribution >= 0.6 is 0 Å². The normalized spacial score (nSPS) is 33.3. The molecule has 0 radical (unpaired) electrons. The molecule has 5 fully saturated rings. The van der Waals surface area contributed by atoms with Crippen molar-refractivity contribution in [1.82, 2.24) is 0 Å². The molecule has 0 bridgehead atoms. The quantitative estimate of drug-likeness (QED) is 0.262. The Labute approximate surface area is 254 Å². The monoisotopic (exact) mass is 610 g/mol. The summed E-state index contributed by atoms with van der Waals surface area (Å²) in [5, 5.41) is 0. The lowest BCUT2D eigenvalue weighted by molar-refractivity contribution is -0.185. The zero-order chi connectivity index (χ0) is 32.3. The van der Waals surface area contributed by atoms with E-state index in [0.717, 1.165) is 40.9 Å². The molecule has 4 unspecified atom stereocenters. The van der Waals surface area contributed by atoms with Crippen molar-refractivity contribution in [3.8, 4) is 0 Å². The van der Waals surface area contributed by atoms with Gasteiger partial charge in [0, 0.05) is 12.8 Å². The molecule has 5 rings (SSSR count). The van der Waals surface area contributed by atoms with Gasteiger partial charge in [0.25, 0.3) is 0 Å². The number of hydrogen-bond acceptors (Lipinski definition) is 0. The average Bonchev–Trinajstić information content (AvgIpc) is 3.50. The van der Waals surface area contributed by atoms with Crippen LogP contribution in [0.5, 0.6) is 0 Å². The summed E-state index contributed by atoms with van der Waals surface area (Å²) in [6.07, 6.45) is 7.68. The first-order chi connectivity index (χ1) is 19.2. The van der Waals surface area contributed by atoms with Gasteiger partial charge in [0.05, 0.1) is 0 Å². The predicted octanol–water partition coefficient (Wildman–Crippen LogP) is 12.7. The van der Waals surface area contributed by atoms with Crippen LogP contribution in [-0.2, 0) is 0 Å². The van der Waals surface area contributed by atoms with Crippen molar-refractivity contribution in [2.24, 2.45) is 58.2 Å². The molecule has 0 nitrogen and oxygen atoms in total. The first-order valence-corrected chi connectivity index (χ1v) is 17.2. The third-order valence-corrected chi connectivity index (χ3v) is 11.8. The Kier molecular flexibility index (Phi) is 13.3. The largest absolute Gasteiger partial charge is 0.310 e. The SMILES string of the molecule is CC(C)C1(C(C)C)CC1.CC(C)CC1CC(F)(F)C(F)(F)C1.CC(C)CC1CC(F)C(F)C1.CC1CC(C)C12CCC2. The second kappa shape index (κ2) is 14.8. The van der Waals surface area contributed by atoms with Crippen LogP contribution in [0, 0.1) is 58.2 Å². The standard InChI is InChI=1S/C9H14F4.C9H16F2.C9H16.C9H18/c1-6(2)3-7-4-8(10,11)9(12,13)5-7;1-6(2)3-7-4-8(10)9(11)5-7;1-7-6-8(2)9(7)4-3-5-9;1-7(2)9(5-6-9)8(3)4/h6-7H,3-5H2,1-2H3;6-9H,3-5H2,1-2H3;7-8H,3-6H2,1-2H3;7-8H,5-6H2,1-4H3. The van der Waals surface area contributed by atoms with Crippen LogP contribution in [-0.4, -0.2) is 24.2 Å². The van der Waals surface area contributed by atoms with Crippen molar-refractivity contribution in [3.05, 3.63) is 0 Å². The average molecular weight is 611 g/mol. The first-order valence-electron chi connectivity index (χ1n) is 17.2. The number of halogens is 6. The van der Waals surface area contributed by atoms with Gasteiger partial charge in [-0.25, -0.2) is 8.78 Å². The Hall–Kier alpha value is -0.420. The van der Waals surface area contributed by atoms with Gasteiger partial charge >= 0.3 is 11.8 Å². The van der Waals surface area contributed by atoms with Crippen molar-refractivity contribution in [3.63, 3.8) is 0 Å². The zero-order valence-electron chi connectivity index (χ0n) is 28.5. The molecule has 0 aromatic carbocycles. The Bertz CT molecular complexity index is 738. The number of rotatable bonds is 6. The molecule has 6 heteroatoms. The van der Waals surface area contributed by atoms with E-state index >= 15 is 0 Å². The topological polar surface area (TPSA) is 0 Å². The Balaban J connectivity index is 0.000000198. The highest BCUT2D eigenvalue weighted by Crippen LogP contribution is 2.63. The Morgan fingerprint density at radius 3 is 1.17 bits per heavy atom. The van der Waals surface area contributed by atoms with Gasteiger partial charge in [0.2, 0.25) is 0 Å². The second-order valence-corrected chi connectivity index (χ2v) is 16.5. The second-order valence-electron chi connectivity index (χ2n) is 16.5. The molecule has 0 amide bonds. The lowest BCUT2D eigenvalue weighted by Crippen LogP contribution is -2.51. The number of alkyl halides is 6. The van der Waals surface area contributed by atoms with Crippen molar-refractivity contribution < 1.29 is 26.3 Å². The zero-order valence-corrected chi connectivity index (χ0v) is 28.5. The fraction of sp³-hybridized carbons (Fsp3) is 1.00. The summed E-state index contributed by atoms with van der Waals surface area (Å²) in [6.45, 7) is 22.2. The van der Waals surface area contributed by atoms with Crippen LogP contribution in [0.1, 0.15) is 146 Å². The fourth-order valence-electron chi connectivity index (χ4n) is 8.68. The van der Waals surface area contributed by atoms with Gasteiger partial charge in [-0.2, -0.15) is 17.6 Å². The molecular weight excluding hydrogens is 546 g/mol. The summed E-state index contributed by atoms with van der Waals surface area (Å²) >= 11 is 0. The van der Waals surface area contributed by atoms with Crippen LogP contribution in [0.3, 0.4) is 0 Å². The van der Waals surface area contributed by atoms with E-state index < -0.39 is 42.9 Å². The third kappa shape index (κ3) is 9.30. The molecule has 1 spiro atoms. The molecular formula is C36H64F6. The highest BCUT2D eigenvalue weighted by molar-refractivity contribution is 5.03. The van der Waals surface area contributed by atoms with Crippen LogP contribution < -0.4 is 0 Å². The summed E-state index contributed by atoms with van der Waals surface area (Å²) in [5.41, 5.74) is 1.61. The molecule has 5 aliphatic rings. The van der Waals surface area contributed by atoms with Crippen molar-refractivity contribution in [2.75, 3.05) is 0 Å². The minimum absolute atomic E-state index is 0.203. The van der Waals surface area contributed by atoms with Gasteiger partial charge in [-0.05, 0) is 116 Å². The summed E-state index contributed by atoms with van der Waals surface area (Å²) < 4.78 is 76.0. The molecule has 5 saturated carbocycles. The highest BCUT2D eigenvalue weighted by Gasteiger charge is 2.62. The van der Waals surface area contributed by atoms with Gasteiger partial charge in [0.1, 0.15) is 12.3 Å². The molecule has 250 valence electrons. The predicted molar refractivity (Wildman–Crippen MR) is 165 cm³/mol. The van der Waals surface area contributed by atoms with Gasteiger partial charge < -0.3 is 0 Å². The third-order valence-electron chi connectivity index (χ3n) is 11.8. The first kappa shape index (κ1) is 37.8. The molecule has 0 N–H and O–H groups in total. The summed E-state index contributed by atoms with van der Waals surface area (Å²) in [5.74, 6) is -3.12. The Morgan fingerprint density at radius 1 is 0.571 bits per heavy atom. The minimum Gasteiger partial charge on any atom is -0.244 e. The van der Waals surface area contributed by atoms with E-state index in [4.69, 9.17) is 0 Å². The van der Waals surface area contributed by atoms with Crippen molar-refractivity contribution in [1.29, 1.82) is 0 Å². The van der Waals surface area contributed by atoms with E-state index in [2.05, 4.69) is 55.4 Å². The molecule has 0 saturated heterocycles. The highest BCUT2D eigenvalue weighted by atomic mass is 19.3. The van der Waals surface area contributed by atoms with Crippen molar-refractivity contribution in [2.45, 2.75) is 170 Å². The van der Waals surface area contributed by atoms with Gasteiger partial charge in [-0.3, -0.25) is 0 Å². The van der Waals surface area contributed by atoms with Crippen molar-refractivity contribution >= 4 is 0 Å². The van der Waals surface area contributed by atoms with Crippen LogP contribution in [0.4, 0.5) is 26.3 Å². The molecule has 0 aliphatic heterocycles. The summed E-state index contributed by atoms with van der Waals surface area (Å²) in [4.78, 5) is 0.